The molecule has 3 heterocycles. The molecule has 0 amide bonds. The SMILES string of the molecule is Cc1nc(C)c2c(n1)sc1ccc3c(c12)C(C)(C)c1cccnc1-3. The number of hydrogen-bond acceptors (Lipinski definition) is 4. The highest BCUT2D eigenvalue weighted by Gasteiger charge is 2.38. The summed E-state index contributed by atoms with van der Waals surface area (Å²) in [5.41, 5.74) is 6.04. The number of hydrogen-bond donors (Lipinski definition) is 0. The minimum absolute atomic E-state index is 0.0657. The van der Waals surface area contributed by atoms with Gasteiger partial charge in [0.05, 0.1) is 11.4 Å². The summed E-state index contributed by atoms with van der Waals surface area (Å²) in [7, 11) is 0. The average Bonchev–Trinajstić information content (AvgIpc) is 3.01. The Labute approximate surface area is 144 Å². The summed E-state index contributed by atoms with van der Waals surface area (Å²) in [6, 6.07) is 8.68. The molecule has 4 heteroatoms. The van der Waals surface area contributed by atoms with Crippen LogP contribution in [0.15, 0.2) is 30.5 Å². The third-order valence-electron chi connectivity index (χ3n) is 5.15. The van der Waals surface area contributed by atoms with Crippen molar-refractivity contribution < 1.29 is 0 Å². The summed E-state index contributed by atoms with van der Waals surface area (Å²) in [5.74, 6) is 0.840. The molecule has 1 aliphatic rings. The molecule has 0 bridgehead atoms. The minimum Gasteiger partial charge on any atom is -0.256 e. The zero-order valence-corrected chi connectivity index (χ0v) is 15.0. The molecule has 0 saturated heterocycles. The second kappa shape index (κ2) is 4.39. The first-order valence-corrected chi connectivity index (χ1v) is 8.97. The van der Waals surface area contributed by atoms with Crippen molar-refractivity contribution in [2.45, 2.75) is 33.1 Å². The van der Waals surface area contributed by atoms with Gasteiger partial charge in [0.15, 0.2) is 0 Å². The van der Waals surface area contributed by atoms with E-state index in [1.54, 1.807) is 11.3 Å². The lowest BCUT2D eigenvalue weighted by atomic mass is 9.81. The number of pyridine rings is 1. The van der Waals surface area contributed by atoms with Crippen molar-refractivity contribution in [3.8, 4) is 11.3 Å². The standard InChI is InChI=1S/C20H17N3S/c1-10-15-16-14(24-19(15)23-11(2)22-10)8-7-12-17(16)20(3,4)13-6-5-9-21-18(12)13/h5-9H,1-4H3. The molecule has 0 aliphatic heterocycles. The highest BCUT2D eigenvalue weighted by atomic mass is 32.1. The molecule has 1 aromatic carbocycles. The lowest BCUT2D eigenvalue weighted by Crippen LogP contribution is -2.15. The highest BCUT2D eigenvalue weighted by Crippen LogP contribution is 2.52. The van der Waals surface area contributed by atoms with Crippen molar-refractivity contribution in [1.29, 1.82) is 0 Å². The van der Waals surface area contributed by atoms with Crippen LogP contribution in [-0.4, -0.2) is 15.0 Å². The van der Waals surface area contributed by atoms with Crippen molar-refractivity contribution in [2.24, 2.45) is 0 Å². The molecule has 3 aromatic heterocycles. The van der Waals surface area contributed by atoms with Crippen LogP contribution in [-0.2, 0) is 5.41 Å². The first-order chi connectivity index (χ1) is 11.5. The van der Waals surface area contributed by atoms with Crippen LogP contribution < -0.4 is 0 Å². The van der Waals surface area contributed by atoms with Crippen LogP contribution in [0.2, 0.25) is 0 Å². The van der Waals surface area contributed by atoms with Crippen molar-refractivity contribution in [3.05, 3.63) is 53.1 Å². The van der Waals surface area contributed by atoms with Crippen LogP contribution in [0.4, 0.5) is 0 Å². The summed E-state index contributed by atoms with van der Waals surface area (Å²) in [5, 5.41) is 2.52. The Morgan fingerprint density at radius 3 is 2.67 bits per heavy atom. The van der Waals surface area contributed by atoms with Crippen LogP contribution in [0, 0.1) is 13.8 Å². The number of fused-ring (bicyclic) bond motifs is 7. The Hall–Kier alpha value is -2.33. The van der Waals surface area contributed by atoms with E-state index < -0.39 is 0 Å². The molecule has 0 radical (unpaired) electrons. The van der Waals surface area contributed by atoms with Crippen molar-refractivity contribution >= 4 is 31.6 Å². The molecule has 3 nitrogen and oxygen atoms in total. The van der Waals surface area contributed by atoms with Gasteiger partial charge in [0, 0.05) is 32.6 Å². The lowest BCUT2D eigenvalue weighted by molar-refractivity contribution is 0.665. The summed E-state index contributed by atoms with van der Waals surface area (Å²) in [4.78, 5) is 15.1. The Bertz CT molecular complexity index is 1150. The molecule has 0 saturated carbocycles. The maximum atomic E-state index is 4.69. The number of thiophene rings is 1. The van der Waals surface area contributed by atoms with Gasteiger partial charge < -0.3 is 0 Å². The van der Waals surface area contributed by atoms with E-state index >= 15 is 0 Å². The van der Waals surface area contributed by atoms with Gasteiger partial charge in [-0.3, -0.25) is 4.98 Å². The van der Waals surface area contributed by atoms with Gasteiger partial charge in [-0.15, -0.1) is 11.3 Å². The minimum atomic E-state index is -0.0657. The smallest absolute Gasteiger partial charge is 0.128 e. The molecule has 0 N–H and O–H groups in total. The summed E-state index contributed by atoms with van der Waals surface area (Å²) in [6.45, 7) is 8.65. The van der Waals surface area contributed by atoms with Gasteiger partial charge in [-0.05, 0) is 37.1 Å². The molecule has 1 aliphatic carbocycles. The molecule has 24 heavy (non-hydrogen) atoms. The molecule has 4 aromatic rings. The van der Waals surface area contributed by atoms with E-state index in [2.05, 4.69) is 53.9 Å². The fraction of sp³-hybridized carbons (Fsp3) is 0.250. The number of nitrogens with zero attached hydrogens (tertiary/aromatic N) is 3. The van der Waals surface area contributed by atoms with E-state index in [-0.39, 0.29) is 5.41 Å². The van der Waals surface area contributed by atoms with E-state index in [1.807, 2.05) is 19.2 Å². The van der Waals surface area contributed by atoms with Gasteiger partial charge in [-0.2, -0.15) is 0 Å². The van der Waals surface area contributed by atoms with Crippen molar-refractivity contribution in [2.75, 3.05) is 0 Å². The van der Waals surface area contributed by atoms with Crippen LogP contribution in [0.5, 0.6) is 0 Å². The molecule has 118 valence electrons. The molecule has 0 fully saturated rings. The number of aryl methyl sites for hydroxylation is 2. The van der Waals surface area contributed by atoms with Crippen molar-refractivity contribution in [1.82, 2.24) is 15.0 Å². The number of rotatable bonds is 0. The summed E-state index contributed by atoms with van der Waals surface area (Å²) in [6.07, 6.45) is 1.89. The van der Waals surface area contributed by atoms with Gasteiger partial charge in [-0.25, -0.2) is 9.97 Å². The predicted molar refractivity (Wildman–Crippen MR) is 99.8 cm³/mol. The summed E-state index contributed by atoms with van der Waals surface area (Å²) >= 11 is 1.76. The molecule has 0 atom stereocenters. The third-order valence-corrected chi connectivity index (χ3v) is 6.20. The Morgan fingerprint density at radius 2 is 1.83 bits per heavy atom. The molecule has 5 rings (SSSR count). The zero-order chi connectivity index (χ0) is 16.6. The lowest BCUT2D eigenvalue weighted by Gasteiger charge is -2.22. The van der Waals surface area contributed by atoms with Gasteiger partial charge in [0.25, 0.3) is 0 Å². The third kappa shape index (κ3) is 1.59. The van der Waals surface area contributed by atoms with Crippen LogP contribution in [0.1, 0.15) is 36.5 Å². The quantitative estimate of drug-likeness (QED) is 0.446. The maximum Gasteiger partial charge on any atom is 0.128 e. The normalized spacial score (nSPS) is 15.0. The predicted octanol–water partition coefficient (Wildman–Crippen LogP) is 5.16. The molecular weight excluding hydrogens is 314 g/mol. The van der Waals surface area contributed by atoms with Crippen LogP contribution in [0.25, 0.3) is 31.6 Å². The second-order valence-electron chi connectivity index (χ2n) is 7.02. The topological polar surface area (TPSA) is 38.7 Å². The number of aromatic nitrogens is 3. The van der Waals surface area contributed by atoms with Crippen LogP contribution in [0.3, 0.4) is 0 Å². The van der Waals surface area contributed by atoms with E-state index in [1.165, 1.54) is 32.2 Å². The van der Waals surface area contributed by atoms with Crippen LogP contribution >= 0.6 is 11.3 Å². The fourth-order valence-electron chi connectivity index (χ4n) is 4.17. The molecule has 0 spiro atoms. The van der Waals surface area contributed by atoms with E-state index in [0.29, 0.717) is 0 Å². The highest BCUT2D eigenvalue weighted by molar-refractivity contribution is 7.25. The fourth-order valence-corrected chi connectivity index (χ4v) is 5.35. The average molecular weight is 331 g/mol. The van der Waals surface area contributed by atoms with E-state index in [0.717, 1.165) is 22.0 Å². The van der Waals surface area contributed by atoms with Crippen molar-refractivity contribution in [3.63, 3.8) is 0 Å². The first kappa shape index (κ1) is 14.1. The monoisotopic (exact) mass is 331 g/mol. The second-order valence-corrected chi connectivity index (χ2v) is 8.05. The number of benzene rings is 1. The van der Waals surface area contributed by atoms with Gasteiger partial charge in [0.2, 0.25) is 0 Å². The van der Waals surface area contributed by atoms with Gasteiger partial charge in [0.1, 0.15) is 10.7 Å². The zero-order valence-electron chi connectivity index (χ0n) is 14.1. The Kier molecular flexibility index (Phi) is 2.57. The van der Waals surface area contributed by atoms with E-state index in [9.17, 15) is 0 Å². The van der Waals surface area contributed by atoms with E-state index in [4.69, 9.17) is 0 Å². The van der Waals surface area contributed by atoms with Gasteiger partial charge in [-0.1, -0.05) is 26.0 Å². The van der Waals surface area contributed by atoms with Gasteiger partial charge >= 0.3 is 0 Å². The Balaban J connectivity index is 2.03. The Morgan fingerprint density at radius 1 is 1.00 bits per heavy atom. The molecule has 0 unspecified atom stereocenters. The first-order valence-electron chi connectivity index (χ1n) is 8.15. The molecular formula is C20H17N3S. The summed E-state index contributed by atoms with van der Waals surface area (Å²) < 4.78 is 1.28. The maximum absolute atomic E-state index is 4.69. The largest absolute Gasteiger partial charge is 0.256 e.